The van der Waals surface area contributed by atoms with Crippen molar-refractivity contribution in [2.75, 3.05) is 12.3 Å². The first-order valence-electron chi connectivity index (χ1n) is 15.4. The van der Waals surface area contributed by atoms with Crippen LogP contribution in [0.15, 0.2) is 102 Å². The van der Waals surface area contributed by atoms with E-state index in [0.717, 1.165) is 39.1 Å². The summed E-state index contributed by atoms with van der Waals surface area (Å²) in [5.74, 6) is 0.751. The zero-order chi connectivity index (χ0) is 32.6. The molecule has 0 saturated carbocycles. The topological polar surface area (TPSA) is 144 Å². The quantitative estimate of drug-likeness (QED) is 0.132. The Hall–Kier alpha value is -4.75. The van der Waals surface area contributed by atoms with Crippen LogP contribution in [-0.2, 0) is 22.6 Å². The van der Waals surface area contributed by atoms with Crippen LogP contribution < -0.4 is 10.6 Å². The summed E-state index contributed by atoms with van der Waals surface area (Å²) < 4.78 is 14.7. The lowest BCUT2D eigenvalue weighted by Crippen LogP contribution is -2.34. The minimum absolute atomic E-state index is 0.0213. The van der Waals surface area contributed by atoms with Crippen LogP contribution >= 0.6 is 11.8 Å². The van der Waals surface area contributed by atoms with E-state index in [-0.39, 0.29) is 30.6 Å². The Morgan fingerprint density at radius 2 is 1.68 bits per heavy atom. The standard InChI is InChI=1S/C35H36N6O5S/c1-2-36-34(44)37-20-24-4-3-5-28(18-24)25-10-12-27(13-11-25)33-45-31(19-32(46-33)26-8-6-23(21-42)7-9-26)22-47-35-38-39-40-41(35)29-14-16-30(43)17-15-29/h3-18,31-33,42-43H,2,19-22H2,1H3,(H2,36,37,44)/t31-,32+,33+/m0/s1. The molecular formula is C35H36N6O5S. The van der Waals surface area contributed by atoms with Crippen molar-refractivity contribution >= 4 is 17.8 Å². The van der Waals surface area contributed by atoms with Crippen molar-refractivity contribution in [1.82, 2.24) is 30.8 Å². The molecule has 0 spiro atoms. The first-order chi connectivity index (χ1) is 23.0. The fourth-order valence-corrected chi connectivity index (χ4v) is 6.22. The van der Waals surface area contributed by atoms with Crippen molar-refractivity contribution in [3.05, 3.63) is 119 Å². The highest BCUT2D eigenvalue weighted by Gasteiger charge is 2.32. The van der Waals surface area contributed by atoms with Crippen molar-refractivity contribution in [2.45, 2.75) is 50.2 Å². The van der Waals surface area contributed by atoms with Gasteiger partial charge in [0.1, 0.15) is 5.75 Å². The van der Waals surface area contributed by atoms with Crippen molar-refractivity contribution in [3.8, 4) is 22.6 Å². The summed E-state index contributed by atoms with van der Waals surface area (Å²) in [7, 11) is 0. The van der Waals surface area contributed by atoms with Gasteiger partial charge < -0.3 is 30.3 Å². The van der Waals surface area contributed by atoms with E-state index in [9.17, 15) is 15.0 Å². The van der Waals surface area contributed by atoms with E-state index >= 15 is 0 Å². The minimum Gasteiger partial charge on any atom is -0.508 e. The summed E-state index contributed by atoms with van der Waals surface area (Å²) in [6, 6.07) is 30.5. The molecule has 0 bridgehead atoms. The van der Waals surface area contributed by atoms with Crippen LogP contribution in [0.5, 0.6) is 5.75 Å². The zero-order valence-corrected chi connectivity index (χ0v) is 26.6. The maximum atomic E-state index is 11.8. The van der Waals surface area contributed by atoms with Crippen LogP contribution in [-0.4, -0.2) is 54.9 Å². The van der Waals surface area contributed by atoms with Crippen LogP contribution in [0.1, 0.15) is 48.0 Å². The maximum absolute atomic E-state index is 11.8. The summed E-state index contributed by atoms with van der Waals surface area (Å²) in [5, 5.41) is 37.6. The molecule has 2 heterocycles. The number of thioether (sulfide) groups is 1. The molecule has 242 valence electrons. The van der Waals surface area contributed by atoms with Gasteiger partial charge in [0, 0.05) is 30.8 Å². The molecule has 1 fully saturated rings. The third kappa shape index (κ3) is 8.16. The second-order valence-corrected chi connectivity index (χ2v) is 12.1. The fraction of sp³-hybridized carbons (Fsp3) is 0.257. The van der Waals surface area contributed by atoms with Gasteiger partial charge in [0.15, 0.2) is 6.29 Å². The summed E-state index contributed by atoms with van der Waals surface area (Å²) in [6.07, 6.45) is -0.390. The molecule has 2 amide bonds. The Kier molecular flexibility index (Phi) is 10.4. The first-order valence-corrected chi connectivity index (χ1v) is 16.4. The van der Waals surface area contributed by atoms with Gasteiger partial charge in [-0.15, -0.1) is 5.10 Å². The monoisotopic (exact) mass is 652 g/mol. The number of carbonyl (C=O) groups excluding carboxylic acids is 1. The molecule has 4 N–H and O–H groups in total. The van der Waals surface area contributed by atoms with E-state index < -0.39 is 6.29 Å². The second-order valence-electron chi connectivity index (χ2n) is 11.1. The number of aliphatic hydroxyl groups excluding tert-OH is 1. The Morgan fingerprint density at radius 3 is 2.43 bits per heavy atom. The molecule has 11 nitrogen and oxygen atoms in total. The predicted molar refractivity (Wildman–Crippen MR) is 178 cm³/mol. The van der Waals surface area contributed by atoms with Crippen LogP contribution in [0, 0.1) is 0 Å². The van der Waals surface area contributed by atoms with Crippen molar-refractivity contribution < 1.29 is 24.5 Å². The van der Waals surface area contributed by atoms with Crippen LogP contribution in [0.4, 0.5) is 4.79 Å². The number of phenolic OH excluding ortho intramolecular Hbond substituents is 1. The number of nitrogens with zero attached hydrogens (tertiary/aromatic N) is 4. The Balaban J connectivity index is 1.18. The van der Waals surface area contributed by atoms with Crippen LogP contribution in [0.25, 0.3) is 16.8 Å². The molecule has 4 aromatic carbocycles. The van der Waals surface area contributed by atoms with Gasteiger partial charge in [-0.25, -0.2) is 4.79 Å². The number of hydrogen-bond donors (Lipinski definition) is 4. The highest BCUT2D eigenvalue weighted by molar-refractivity contribution is 7.99. The number of ether oxygens (including phenoxy) is 2. The summed E-state index contributed by atoms with van der Waals surface area (Å²) in [6.45, 7) is 2.87. The Bertz CT molecular complexity index is 1770. The van der Waals surface area contributed by atoms with Gasteiger partial charge in [-0.3, -0.25) is 0 Å². The molecule has 0 radical (unpaired) electrons. The lowest BCUT2D eigenvalue weighted by atomic mass is 9.99. The largest absolute Gasteiger partial charge is 0.508 e. The number of benzene rings is 4. The summed E-state index contributed by atoms with van der Waals surface area (Å²) >= 11 is 1.49. The third-order valence-corrected chi connectivity index (χ3v) is 8.83. The molecule has 1 saturated heterocycles. The number of amides is 2. The number of rotatable bonds is 11. The Morgan fingerprint density at radius 1 is 0.915 bits per heavy atom. The van der Waals surface area contributed by atoms with E-state index in [4.69, 9.17) is 9.47 Å². The molecule has 47 heavy (non-hydrogen) atoms. The van der Waals surface area contributed by atoms with Gasteiger partial charge in [-0.2, -0.15) is 4.68 Å². The molecule has 12 heteroatoms. The number of phenols is 1. The van der Waals surface area contributed by atoms with E-state index in [0.29, 0.717) is 30.4 Å². The molecule has 1 aliphatic rings. The fourth-order valence-electron chi connectivity index (χ4n) is 5.31. The van der Waals surface area contributed by atoms with Crippen LogP contribution in [0.2, 0.25) is 0 Å². The third-order valence-electron chi connectivity index (χ3n) is 7.78. The zero-order valence-electron chi connectivity index (χ0n) is 25.8. The summed E-state index contributed by atoms with van der Waals surface area (Å²) in [4.78, 5) is 11.8. The Labute approximate surface area is 276 Å². The summed E-state index contributed by atoms with van der Waals surface area (Å²) in [5.41, 5.74) is 6.56. The normalized spacial score (nSPS) is 17.7. The number of aromatic hydroxyl groups is 1. The number of carbonyl (C=O) groups is 1. The van der Waals surface area contributed by atoms with Gasteiger partial charge >= 0.3 is 6.03 Å². The number of aliphatic hydroxyl groups is 1. The smallest absolute Gasteiger partial charge is 0.315 e. The second kappa shape index (κ2) is 15.2. The maximum Gasteiger partial charge on any atom is 0.315 e. The van der Waals surface area contributed by atoms with Gasteiger partial charge in [0.25, 0.3) is 0 Å². The van der Waals surface area contributed by atoms with E-state index in [1.165, 1.54) is 11.8 Å². The number of nitrogens with one attached hydrogen (secondary N) is 2. The number of tetrazole rings is 1. The van der Waals surface area contributed by atoms with E-state index in [2.05, 4.69) is 32.2 Å². The van der Waals surface area contributed by atoms with Gasteiger partial charge in [0.05, 0.1) is 24.5 Å². The van der Waals surface area contributed by atoms with E-state index in [1.54, 1.807) is 28.9 Å². The van der Waals surface area contributed by atoms with Gasteiger partial charge in [0.2, 0.25) is 5.16 Å². The lowest BCUT2D eigenvalue weighted by Gasteiger charge is -2.36. The average molecular weight is 653 g/mol. The first kappa shape index (κ1) is 32.2. The molecular weight excluding hydrogens is 616 g/mol. The van der Waals surface area contributed by atoms with Crippen molar-refractivity contribution in [3.63, 3.8) is 0 Å². The molecule has 0 aliphatic carbocycles. The molecule has 5 aromatic rings. The van der Waals surface area contributed by atoms with Crippen molar-refractivity contribution in [2.24, 2.45) is 0 Å². The molecule has 6 rings (SSSR count). The minimum atomic E-state index is -0.605. The number of aromatic nitrogens is 4. The number of hydrogen-bond acceptors (Lipinski definition) is 9. The van der Waals surface area contributed by atoms with Gasteiger partial charge in [-0.1, -0.05) is 78.5 Å². The number of urea groups is 1. The predicted octanol–water partition coefficient (Wildman–Crippen LogP) is 5.68. The molecule has 3 atom stereocenters. The SMILES string of the molecule is CCNC(=O)NCc1cccc(-c2ccc([C@@H]3O[C@H](CSc4nnnn4-c4ccc(O)cc4)C[C@H](c4ccc(CO)cc4)O3)cc2)c1. The molecule has 0 unspecified atom stereocenters. The van der Waals surface area contributed by atoms with Crippen LogP contribution in [0.3, 0.4) is 0 Å². The van der Waals surface area contributed by atoms with E-state index in [1.807, 2.05) is 73.7 Å². The van der Waals surface area contributed by atoms with Gasteiger partial charge in [-0.05, 0) is 75.5 Å². The van der Waals surface area contributed by atoms with Crippen molar-refractivity contribution in [1.29, 1.82) is 0 Å². The highest BCUT2D eigenvalue weighted by Crippen LogP contribution is 2.40. The molecule has 1 aromatic heterocycles. The average Bonchev–Trinajstić information content (AvgIpc) is 3.59. The molecule has 1 aliphatic heterocycles. The lowest BCUT2D eigenvalue weighted by molar-refractivity contribution is -0.245. The highest BCUT2D eigenvalue weighted by atomic mass is 32.2.